The summed E-state index contributed by atoms with van der Waals surface area (Å²) in [5.41, 5.74) is 0. The first-order valence-corrected chi connectivity index (χ1v) is 11.8. The maximum Gasteiger partial charge on any atom is 0.302 e. The van der Waals surface area contributed by atoms with Crippen LogP contribution in [0.4, 0.5) is 0 Å². The van der Waals surface area contributed by atoms with Gasteiger partial charge in [-0.15, -0.1) is 0 Å². The molecule has 0 aliphatic rings. The minimum absolute atomic E-state index is 0.180. The van der Waals surface area contributed by atoms with E-state index in [0.717, 1.165) is 25.5 Å². The van der Waals surface area contributed by atoms with Gasteiger partial charge < -0.3 is 9.84 Å². The molecule has 0 aromatic rings. The van der Waals surface area contributed by atoms with Gasteiger partial charge in [0.15, 0.2) is 0 Å². The fourth-order valence-corrected chi connectivity index (χ4v) is 2.81. The Hall–Kier alpha value is -1.25. The SMILES string of the molecule is CCCCCCCCC=CCCCOC(C)=O.CCCCCCCCC=CO. The summed E-state index contributed by atoms with van der Waals surface area (Å²) in [4.78, 5) is 10.5. The molecule has 0 spiro atoms. The summed E-state index contributed by atoms with van der Waals surface area (Å²) in [6.07, 6.45) is 27.7. The largest absolute Gasteiger partial charge is 0.516 e. The van der Waals surface area contributed by atoms with Gasteiger partial charge in [-0.05, 0) is 38.5 Å². The summed E-state index contributed by atoms with van der Waals surface area (Å²) in [5, 5.41) is 8.33. The Labute approximate surface area is 175 Å². The van der Waals surface area contributed by atoms with Gasteiger partial charge in [0.1, 0.15) is 0 Å². The van der Waals surface area contributed by atoms with Crippen molar-refractivity contribution in [2.45, 2.75) is 124 Å². The Morgan fingerprint density at radius 3 is 1.57 bits per heavy atom. The van der Waals surface area contributed by atoms with Crippen molar-refractivity contribution < 1.29 is 14.6 Å². The molecule has 3 heteroatoms. The minimum atomic E-state index is -0.180. The number of allylic oxidation sites excluding steroid dienone is 3. The summed E-state index contributed by atoms with van der Waals surface area (Å²) in [5.74, 6) is -0.180. The molecule has 0 amide bonds. The third-order valence-electron chi connectivity index (χ3n) is 4.54. The van der Waals surface area contributed by atoms with Crippen molar-refractivity contribution in [2.24, 2.45) is 0 Å². The summed E-state index contributed by atoms with van der Waals surface area (Å²) in [6, 6.07) is 0. The van der Waals surface area contributed by atoms with Crippen LogP contribution >= 0.6 is 0 Å². The molecule has 0 aromatic heterocycles. The monoisotopic (exact) mass is 396 g/mol. The molecule has 0 radical (unpaired) electrons. The third-order valence-corrected chi connectivity index (χ3v) is 4.54. The highest BCUT2D eigenvalue weighted by molar-refractivity contribution is 5.65. The zero-order valence-corrected chi connectivity index (χ0v) is 19.1. The molecule has 0 atom stereocenters. The zero-order chi connectivity index (χ0) is 21.1. The van der Waals surface area contributed by atoms with Gasteiger partial charge in [0.2, 0.25) is 0 Å². The standard InChI is InChI=1S/C15H28O2.C10H20O/c1-3-4-5-6-7-8-9-10-11-12-13-14-17-15(2)16;1-2-3-4-5-6-7-8-9-10-11/h10-11H,3-9,12-14H2,1-2H3;9-11H,2-8H2,1H3. The number of unbranched alkanes of at least 4 members (excludes halogenated alkanes) is 13. The van der Waals surface area contributed by atoms with Crippen molar-refractivity contribution in [2.75, 3.05) is 6.61 Å². The highest BCUT2D eigenvalue weighted by atomic mass is 16.5. The number of ether oxygens (including phenoxy) is 1. The van der Waals surface area contributed by atoms with Crippen molar-refractivity contribution in [3.8, 4) is 0 Å². The van der Waals surface area contributed by atoms with Crippen molar-refractivity contribution >= 4 is 5.97 Å². The number of carbonyl (C=O) groups is 1. The van der Waals surface area contributed by atoms with Crippen LogP contribution in [0.25, 0.3) is 0 Å². The quantitative estimate of drug-likeness (QED) is 0.109. The lowest BCUT2D eigenvalue weighted by Gasteiger charge is -1.99. The van der Waals surface area contributed by atoms with Crippen LogP contribution in [0.15, 0.2) is 24.5 Å². The fourth-order valence-electron chi connectivity index (χ4n) is 2.81. The molecule has 0 fully saturated rings. The lowest BCUT2D eigenvalue weighted by atomic mass is 10.1. The second kappa shape index (κ2) is 28.0. The molecule has 0 saturated heterocycles. The Balaban J connectivity index is 0. The van der Waals surface area contributed by atoms with Gasteiger partial charge in [-0.3, -0.25) is 4.79 Å². The zero-order valence-electron chi connectivity index (χ0n) is 19.1. The number of aliphatic hydroxyl groups excluding tert-OH is 1. The van der Waals surface area contributed by atoms with Crippen LogP contribution < -0.4 is 0 Å². The maximum atomic E-state index is 10.5. The minimum Gasteiger partial charge on any atom is -0.516 e. The van der Waals surface area contributed by atoms with Crippen LogP contribution in [-0.2, 0) is 9.53 Å². The molecule has 0 heterocycles. The van der Waals surface area contributed by atoms with E-state index >= 15 is 0 Å². The van der Waals surface area contributed by atoms with Crippen molar-refractivity contribution in [3.63, 3.8) is 0 Å². The first kappa shape index (κ1) is 29.0. The summed E-state index contributed by atoms with van der Waals surface area (Å²) in [6.45, 7) is 6.48. The Morgan fingerprint density at radius 1 is 0.679 bits per heavy atom. The number of carbonyl (C=O) groups excluding carboxylic acids is 1. The van der Waals surface area contributed by atoms with Crippen LogP contribution in [0.3, 0.4) is 0 Å². The molecule has 0 rings (SSSR count). The Morgan fingerprint density at radius 2 is 1.11 bits per heavy atom. The van der Waals surface area contributed by atoms with Gasteiger partial charge in [-0.2, -0.15) is 0 Å². The fraction of sp³-hybridized carbons (Fsp3) is 0.800. The van der Waals surface area contributed by atoms with E-state index in [2.05, 4.69) is 26.0 Å². The Kier molecular flexibility index (Phi) is 28.9. The highest BCUT2D eigenvalue weighted by Crippen LogP contribution is 2.08. The van der Waals surface area contributed by atoms with Crippen LogP contribution in [-0.4, -0.2) is 17.7 Å². The van der Waals surface area contributed by atoms with Gasteiger partial charge in [0.05, 0.1) is 12.9 Å². The molecule has 0 aliphatic heterocycles. The van der Waals surface area contributed by atoms with Crippen molar-refractivity contribution in [3.05, 3.63) is 24.5 Å². The number of rotatable bonds is 18. The lowest BCUT2D eigenvalue weighted by Crippen LogP contribution is -1.99. The van der Waals surface area contributed by atoms with Crippen molar-refractivity contribution in [1.82, 2.24) is 0 Å². The predicted molar refractivity (Wildman–Crippen MR) is 123 cm³/mol. The van der Waals surface area contributed by atoms with E-state index in [1.165, 1.54) is 90.4 Å². The van der Waals surface area contributed by atoms with Crippen LogP contribution in [0.1, 0.15) is 124 Å². The highest BCUT2D eigenvalue weighted by Gasteiger charge is 1.91. The average Bonchev–Trinajstić information content (AvgIpc) is 2.68. The third kappa shape index (κ3) is 32.4. The number of esters is 1. The summed E-state index contributed by atoms with van der Waals surface area (Å²) < 4.78 is 4.85. The van der Waals surface area contributed by atoms with E-state index < -0.39 is 0 Å². The Bertz CT molecular complexity index is 348. The molecule has 166 valence electrons. The number of hydrogen-bond acceptors (Lipinski definition) is 3. The first-order chi connectivity index (χ1) is 13.7. The van der Waals surface area contributed by atoms with Gasteiger partial charge in [0.25, 0.3) is 0 Å². The van der Waals surface area contributed by atoms with E-state index in [0.29, 0.717) is 6.61 Å². The summed E-state index contributed by atoms with van der Waals surface area (Å²) >= 11 is 0. The first-order valence-electron chi connectivity index (χ1n) is 11.8. The smallest absolute Gasteiger partial charge is 0.302 e. The van der Waals surface area contributed by atoms with Gasteiger partial charge in [-0.1, -0.05) is 96.3 Å². The number of hydrogen-bond donors (Lipinski definition) is 1. The van der Waals surface area contributed by atoms with E-state index in [1.807, 2.05) is 6.08 Å². The van der Waals surface area contributed by atoms with E-state index in [1.54, 1.807) is 0 Å². The molecule has 3 nitrogen and oxygen atoms in total. The molecule has 0 aromatic carbocycles. The maximum absolute atomic E-state index is 10.5. The van der Waals surface area contributed by atoms with Crippen LogP contribution in [0.2, 0.25) is 0 Å². The van der Waals surface area contributed by atoms with Gasteiger partial charge in [-0.25, -0.2) is 0 Å². The molecular formula is C25H48O3. The average molecular weight is 397 g/mol. The lowest BCUT2D eigenvalue weighted by molar-refractivity contribution is -0.141. The topological polar surface area (TPSA) is 46.5 Å². The molecule has 0 bridgehead atoms. The van der Waals surface area contributed by atoms with Gasteiger partial charge >= 0.3 is 5.97 Å². The van der Waals surface area contributed by atoms with E-state index in [4.69, 9.17) is 9.84 Å². The predicted octanol–water partition coefficient (Wildman–Crippen LogP) is 8.45. The van der Waals surface area contributed by atoms with Crippen LogP contribution in [0, 0.1) is 0 Å². The van der Waals surface area contributed by atoms with E-state index in [-0.39, 0.29) is 5.97 Å². The van der Waals surface area contributed by atoms with E-state index in [9.17, 15) is 4.79 Å². The second-order valence-electron chi connectivity index (χ2n) is 7.45. The summed E-state index contributed by atoms with van der Waals surface area (Å²) in [7, 11) is 0. The second-order valence-corrected chi connectivity index (χ2v) is 7.45. The molecule has 28 heavy (non-hydrogen) atoms. The molecule has 0 saturated carbocycles. The molecular weight excluding hydrogens is 348 g/mol. The number of aliphatic hydroxyl groups is 1. The molecule has 0 unspecified atom stereocenters. The normalized spacial score (nSPS) is 11.0. The van der Waals surface area contributed by atoms with Gasteiger partial charge in [0, 0.05) is 6.92 Å². The molecule has 1 N–H and O–H groups in total. The van der Waals surface area contributed by atoms with Crippen molar-refractivity contribution in [1.29, 1.82) is 0 Å². The molecule has 0 aliphatic carbocycles. The van der Waals surface area contributed by atoms with Crippen LogP contribution in [0.5, 0.6) is 0 Å².